The van der Waals surface area contributed by atoms with E-state index in [1.54, 1.807) is 18.2 Å². The molecule has 4 nitrogen and oxygen atoms in total. The summed E-state index contributed by atoms with van der Waals surface area (Å²) >= 11 is 0. The molecule has 0 aliphatic heterocycles. The second-order valence-corrected chi connectivity index (χ2v) is 4.30. The highest BCUT2D eigenvalue weighted by Gasteiger charge is 2.08. The van der Waals surface area contributed by atoms with E-state index >= 15 is 0 Å². The molecule has 0 spiro atoms. The number of ether oxygens (including phenoxy) is 1. The molecule has 0 aliphatic rings. The van der Waals surface area contributed by atoms with Crippen molar-refractivity contribution >= 4 is 11.6 Å². The number of nitrogens with zero attached hydrogens (tertiary/aromatic N) is 1. The molecular formula is C16H14N2O2. The number of nitrogens with one attached hydrogen (secondary N) is 1. The fourth-order valence-electron chi connectivity index (χ4n) is 1.73. The first kappa shape index (κ1) is 13.6. The summed E-state index contributed by atoms with van der Waals surface area (Å²) in [6.45, 7) is 1.98. The van der Waals surface area contributed by atoms with Gasteiger partial charge < -0.3 is 10.1 Å². The van der Waals surface area contributed by atoms with Crippen molar-refractivity contribution in [1.82, 2.24) is 0 Å². The van der Waals surface area contributed by atoms with Crippen molar-refractivity contribution < 1.29 is 9.53 Å². The summed E-state index contributed by atoms with van der Waals surface area (Å²) in [6.07, 6.45) is -0.182. The fourth-order valence-corrected chi connectivity index (χ4v) is 1.73. The molecule has 0 unspecified atom stereocenters. The largest absolute Gasteiger partial charge is 0.455 e. The van der Waals surface area contributed by atoms with Crippen molar-refractivity contribution in [2.75, 3.05) is 5.32 Å². The van der Waals surface area contributed by atoms with E-state index in [1.165, 1.54) is 0 Å². The number of carbonyl (C=O) groups is 1. The van der Waals surface area contributed by atoms with Gasteiger partial charge in [0, 0.05) is 0 Å². The van der Waals surface area contributed by atoms with Crippen molar-refractivity contribution in [3.63, 3.8) is 0 Å². The van der Waals surface area contributed by atoms with Crippen molar-refractivity contribution in [3.8, 4) is 17.6 Å². The van der Waals surface area contributed by atoms with Crippen LogP contribution in [0, 0.1) is 18.3 Å². The number of rotatable bonds is 4. The molecule has 100 valence electrons. The number of hydrogen-bond acceptors (Lipinski definition) is 3. The minimum atomic E-state index is -0.354. The lowest BCUT2D eigenvalue weighted by atomic mass is 10.2. The standard InChI is InChI=1S/C16H14N2O2/c1-12-5-4-6-13(11-12)20-15-8-3-2-7-14(15)18-16(19)9-10-17/h2-8,11H,9H2,1H3,(H,18,19). The quantitative estimate of drug-likeness (QED) is 0.918. The summed E-state index contributed by atoms with van der Waals surface area (Å²) in [4.78, 5) is 11.5. The number of para-hydroxylation sites is 2. The molecule has 4 heteroatoms. The summed E-state index contributed by atoms with van der Waals surface area (Å²) in [5.41, 5.74) is 1.64. The van der Waals surface area contributed by atoms with Crippen LogP contribution >= 0.6 is 0 Å². The first-order chi connectivity index (χ1) is 9.69. The van der Waals surface area contributed by atoms with E-state index < -0.39 is 0 Å². The molecule has 2 rings (SSSR count). The zero-order chi connectivity index (χ0) is 14.4. The number of anilines is 1. The number of benzene rings is 2. The van der Waals surface area contributed by atoms with Crippen LogP contribution in [0.5, 0.6) is 11.5 Å². The van der Waals surface area contributed by atoms with E-state index in [9.17, 15) is 4.79 Å². The minimum Gasteiger partial charge on any atom is -0.455 e. The third-order valence-corrected chi connectivity index (χ3v) is 2.62. The molecule has 0 aromatic heterocycles. The predicted octanol–water partition coefficient (Wildman–Crippen LogP) is 3.64. The zero-order valence-electron chi connectivity index (χ0n) is 11.1. The predicted molar refractivity (Wildman–Crippen MR) is 76.6 cm³/mol. The van der Waals surface area contributed by atoms with E-state index in [0.29, 0.717) is 17.2 Å². The number of nitriles is 1. The van der Waals surface area contributed by atoms with Gasteiger partial charge in [-0.1, -0.05) is 24.3 Å². The molecule has 0 saturated heterocycles. The Bertz CT molecular complexity index is 660. The topological polar surface area (TPSA) is 62.1 Å². The van der Waals surface area contributed by atoms with Crippen molar-refractivity contribution in [2.45, 2.75) is 13.3 Å². The van der Waals surface area contributed by atoms with Gasteiger partial charge in [-0.25, -0.2) is 0 Å². The Morgan fingerprint density at radius 2 is 2.05 bits per heavy atom. The van der Waals surface area contributed by atoms with Crippen molar-refractivity contribution in [1.29, 1.82) is 5.26 Å². The highest BCUT2D eigenvalue weighted by molar-refractivity contribution is 5.93. The smallest absolute Gasteiger partial charge is 0.238 e. The lowest BCUT2D eigenvalue weighted by Gasteiger charge is -2.11. The van der Waals surface area contributed by atoms with E-state index in [-0.39, 0.29) is 12.3 Å². The van der Waals surface area contributed by atoms with E-state index in [4.69, 9.17) is 10.00 Å². The van der Waals surface area contributed by atoms with E-state index in [1.807, 2.05) is 43.3 Å². The molecular weight excluding hydrogens is 252 g/mol. The molecule has 0 aliphatic carbocycles. The SMILES string of the molecule is Cc1cccc(Oc2ccccc2NC(=O)CC#N)c1. The number of aryl methyl sites for hydroxylation is 1. The van der Waals surface area contributed by atoms with Crippen LogP contribution in [0.3, 0.4) is 0 Å². The first-order valence-corrected chi connectivity index (χ1v) is 6.19. The molecule has 2 aromatic rings. The summed E-state index contributed by atoms with van der Waals surface area (Å²) < 4.78 is 5.77. The van der Waals surface area contributed by atoms with Crippen LogP contribution in [0.4, 0.5) is 5.69 Å². The van der Waals surface area contributed by atoms with Crippen molar-refractivity contribution in [3.05, 3.63) is 54.1 Å². The number of hydrogen-bond donors (Lipinski definition) is 1. The highest BCUT2D eigenvalue weighted by atomic mass is 16.5. The average molecular weight is 266 g/mol. The lowest BCUT2D eigenvalue weighted by Crippen LogP contribution is -2.10. The Labute approximate surface area is 117 Å². The van der Waals surface area contributed by atoms with E-state index in [0.717, 1.165) is 5.56 Å². The summed E-state index contributed by atoms with van der Waals surface area (Å²) in [7, 11) is 0. The number of carbonyl (C=O) groups excluding carboxylic acids is 1. The van der Waals surface area contributed by atoms with Crippen LogP contribution < -0.4 is 10.1 Å². The Hall–Kier alpha value is -2.80. The minimum absolute atomic E-state index is 0.182. The maximum atomic E-state index is 11.5. The van der Waals surface area contributed by atoms with Gasteiger partial charge in [0.2, 0.25) is 5.91 Å². The third-order valence-electron chi connectivity index (χ3n) is 2.62. The second kappa shape index (κ2) is 6.39. The lowest BCUT2D eigenvalue weighted by molar-refractivity contribution is -0.115. The van der Waals surface area contributed by atoms with Crippen LogP contribution in [-0.2, 0) is 4.79 Å². The Kier molecular flexibility index (Phi) is 4.35. The Balaban J connectivity index is 2.20. The fraction of sp³-hybridized carbons (Fsp3) is 0.125. The van der Waals surface area contributed by atoms with Crippen molar-refractivity contribution in [2.24, 2.45) is 0 Å². The van der Waals surface area contributed by atoms with Crippen LogP contribution in [-0.4, -0.2) is 5.91 Å². The van der Waals surface area contributed by atoms with Gasteiger partial charge in [-0.15, -0.1) is 0 Å². The molecule has 20 heavy (non-hydrogen) atoms. The Morgan fingerprint density at radius 1 is 1.25 bits per heavy atom. The maximum Gasteiger partial charge on any atom is 0.238 e. The normalized spacial score (nSPS) is 9.60. The van der Waals surface area contributed by atoms with Gasteiger partial charge in [0.1, 0.15) is 12.2 Å². The molecule has 0 atom stereocenters. The van der Waals surface area contributed by atoms with Crippen LogP contribution in [0.1, 0.15) is 12.0 Å². The molecule has 1 amide bonds. The molecule has 2 aromatic carbocycles. The molecule has 0 radical (unpaired) electrons. The summed E-state index contributed by atoms with van der Waals surface area (Å²) in [6, 6.07) is 16.6. The zero-order valence-corrected chi connectivity index (χ0v) is 11.1. The second-order valence-electron chi connectivity index (χ2n) is 4.30. The Morgan fingerprint density at radius 3 is 2.80 bits per heavy atom. The maximum absolute atomic E-state index is 11.5. The number of amides is 1. The van der Waals surface area contributed by atoms with Gasteiger partial charge in [0.15, 0.2) is 5.75 Å². The highest BCUT2D eigenvalue weighted by Crippen LogP contribution is 2.29. The molecule has 0 heterocycles. The molecule has 0 fully saturated rings. The van der Waals surface area contributed by atoms with Crippen LogP contribution in [0.2, 0.25) is 0 Å². The van der Waals surface area contributed by atoms with E-state index in [2.05, 4.69) is 5.32 Å². The molecule has 0 saturated carbocycles. The monoisotopic (exact) mass is 266 g/mol. The van der Waals surface area contributed by atoms with Gasteiger partial charge >= 0.3 is 0 Å². The van der Waals surface area contributed by atoms with Gasteiger partial charge in [-0.3, -0.25) is 4.79 Å². The molecule has 0 bridgehead atoms. The summed E-state index contributed by atoms with van der Waals surface area (Å²) in [5.74, 6) is 0.893. The van der Waals surface area contributed by atoms with Gasteiger partial charge in [0.05, 0.1) is 11.8 Å². The van der Waals surface area contributed by atoms with Gasteiger partial charge in [0.25, 0.3) is 0 Å². The summed E-state index contributed by atoms with van der Waals surface area (Å²) in [5, 5.41) is 11.2. The first-order valence-electron chi connectivity index (χ1n) is 6.19. The van der Waals surface area contributed by atoms with Crippen LogP contribution in [0.25, 0.3) is 0 Å². The van der Waals surface area contributed by atoms with Gasteiger partial charge in [-0.2, -0.15) is 5.26 Å². The molecule has 1 N–H and O–H groups in total. The van der Waals surface area contributed by atoms with Gasteiger partial charge in [-0.05, 0) is 36.8 Å². The third kappa shape index (κ3) is 3.59. The van der Waals surface area contributed by atoms with Crippen LogP contribution in [0.15, 0.2) is 48.5 Å². The average Bonchev–Trinajstić information content (AvgIpc) is 2.41.